The first kappa shape index (κ1) is 31.0. The summed E-state index contributed by atoms with van der Waals surface area (Å²) in [4.78, 5) is 5.63. The lowest BCUT2D eigenvalue weighted by atomic mass is 9.42. The summed E-state index contributed by atoms with van der Waals surface area (Å²) in [7, 11) is 0. The largest absolute Gasteiger partial charge is 0.310 e. The molecule has 0 amide bonds. The first-order valence-electron chi connectivity index (χ1n) is 19.2. The Kier molecular flexibility index (Phi) is 6.90. The Morgan fingerprint density at radius 2 is 1.14 bits per heavy atom. The molecule has 50 heavy (non-hydrogen) atoms. The minimum Gasteiger partial charge on any atom is -0.310 e. The third-order valence-corrected chi connectivity index (χ3v) is 15.1. The van der Waals surface area contributed by atoms with E-state index < -0.39 is 0 Å². The van der Waals surface area contributed by atoms with E-state index in [0.29, 0.717) is 11.8 Å². The highest BCUT2D eigenvalue weighted by atomic mass is 32.2. The van der Waals surface area contributed by atoms with E-state index in [4.69, 9.17) is 0 Å². The minimum absolute atomic E-state index is 0.0476. The van der Waals surface area contributed by atoms with Crippen LogP contribution in [0, 0.1) is 23.7 Å². The van der Waals surface area contributed by atoms with E-state index in [0.717, 1.165) is 11.8 Å². The van der Waals surface area contributed by atoms with Gasteiger partial charge in [0, 0.05) is 32.1 Å². The molecule has 5 aromatic rings. The van der Waals surface area contributed by atoms with Crippen molar-refractivity contribution >= 4 is 28.8 Å². The maximum Gasteiger partial charge on any atom is 0.0514 e. The monoisotopic (exact) mass is 671 g/mol. The Morgan fingerprint density at radius 3 is 1.90 bits per heavy atom. The van der Waals surface area contributed by atoms with Crippen molar-refractivity contribution in [2.75, 3.05) is 4.90 Å². The number of hydrogen-bond donors (Lipinski definition) is 0. The molecule has 0 atom stereocenters. The van der Waals surface area contributed by atoms with E-state index in [1.165, 1.54) is 94.1 Å². The zero-order valence-electron chi connectivity index (χ0n) is 30.1. The van der Waals surface area contributed by atoms with Gasteiger partial charge in [-0.15, -0.1) is 0 Å². The van der Waals surface area contributed by atoms with Gasteiger partial charge in [-0.2, -0.15) is 0 Å². The number of hydrogen-bond acceptors (Lipinski definition) is 2. The third-order valence-electron chi connectivity index (χ3n) is 13.9. The second-order valence-corrected chi connectivity index (χ2v) is 18.8. The molecular weight excluding hydrogens is 623 g/mol. The molecule has 5 aliphatic carbocycles. The van der Waals surface area contributed by atoms with Gasteiger partial charge in [0.05, 0.1) is 5.69 Å². The van der Waals surface area contributed by atoms with Gasteiger partial charge in [0.25, 0.3) is 0 Å². The topological polar surface area (TPSA) is 3.24 Å². The molecule has 0 radical (unpaired) electrons. The maximum absolute atomic E-state index is 2.67. The molecular formula is C48H49NS. The molecule has 4 saturated carbocycles. The molecule has 0 aromatic heterocycles. The summed E-state index contributed by atoms with van der Waals surface area (Å²) in [6.07, 6.45) is 9.43. The van der Waals surface area contributed by atoms with E-state index in [2.05, 4.69) is 148 Å². The fourth-order valence-corrected chi connectivity index (χ4v) is 13.0. The van der Waals surface area contributed by atoms with Crippen LogP contribution in [-0.2, 0) is 16.2 Å². The maximum atomic E-state index is 2.67. The highest BCUT2D eigenvalue weighted by molar-refractivity contribution is 7.99. The molecule has 1 heterocycles. The summed E-state index contributed by atoms with van der Waals surface area (Å²) >= 11 is 2.02. The minimum atomic E-state index is 0.0476. The van der Waals surface area contributed by atoms with Gasteiger partial charge >= 0.3 is 0 Å². The second-order valence-electron chi connectivity index (χ2n) is 17.7. The summed E-state index contributed by atoms with van der Waals surface area (Å²) in [6, 6.07) is 44.6. The molecule has 1 nitrogen and oxygen atoms in total. The van der Waals surface area contributed by atoms with E-state index in [-0.39, 0.29) is 16.2 Å². The van der Waals surface area contributed by atoms with E-state index in [1.807, 2.05) is 11.8 Å². The van der Waals surface area contributed by atoms with Crippen molar-refractivity contribution < 1.29 is 0 Å². The van der Waals surface area contributed by atoms with Crippen molar-refractivity contribution in [2.45, 2.75) is 98.7 Å². The van der Waals surface area contributed by atoms with Crippen LogP contribution in [0.2, 0.25) is 0 Å². The summed E-state index contributed by atoms with van der Waals surface area (Å²) < 4.78 is 0. The quantitative estimate of drug-likeness (QED) is 0.187. The van der Waals surface area contributed by atoms with Crippen LogP contribution >= 0.6 is 11.8 Å². The van der Waals surface area contributed by atoms with Crippen molar-refractivity contribution in [1.82, 2.24) is 0 Å². The molecule has 1 aliphatic heterocycles. The molecule has 1 spiro atoms. The molecule has 5 aromatic carbocycles. The number of fused-ring (bicyclic) bond motifs is 3. The van der Waals surface area contributed by atoms with Crippen molar-refractivity contribution in [3.8, 4) is 11.1 Å². The van der Waals surface area contributed by atoms with Crippen LogP contribution < -0.4 is 4.90 Å². The van der Waals surface area contributed by atoms with Crippen LogP contribution in [0.5, 0.6) is 0 Å². The molecule has 11 rings (SSSR count). The summed E-state index contributed by atoms with van der Waals surface area (Å²) in [5.41, 5.74) is 13.1. The van der Waals surface area contributed by atoms with Gasteiger partial charge in [-0.05, 0) is 150 Å². The summed E-state index contributed by atoms with van der Waals surface area (Å²) in [5, 5.41) is 0. The zero-order valence-corrected chi connectivity index (χ0v) is 30.9. The van der Waals surface area contributed by atoms with Gasteiger partial charge < -0.3 is 4.90 Å². The predicted molar refractivity (Wildman–Crippen MR) is 210 cm³/mol. The molecule has 6 aliphatic rings. The lowest BCUT2D eigenvalue weighted by Crippen LogP contribution is -2.57. The Balaban J connectivity index is 1.25. The SMILES string of the molecule is CC1(C)CCC(C)(C)c2cc(N(c3cccc(-c4ccccc4)c3)c3cccc4c3C3(c5ccccc5S4)C4CC5CC(C4)CC3C5)ccc21. The standard InChI is InChI=1S/C48H49NS/c1-46(2)22-23-47(3,4)41-30-38(20-21-39(41)46)49(37-15-10-14-34(29-37)33-12-6-5-7-13-33)42-17-11-19-44-45(42)48(40-16-8-9-18-43(40)50-44)35-25-31-24-32(27-35)28-36(48)26-31/h5-21,29-32,35-36H,22-28H2,1-4H3. The molecule has 2 heteroatoms. The Hall–Kier alpha value is -3.75. The van der Waals surface area contributed by atoms with Gasteiger partial charge in [-0.1, -0.05) is 112 Å². The lowest BCUT2D eigenvalue weighted by Gasteiger charge is -2.63. The Bertz CT molecular complexity index is 2090. The van der Waals surface area contributed by atoms with Gasteiger partial charge in [0.2, 0.25) is 0 Å². The number of benzene rings is 5. The summed E-state index contributed by atoms with van der Waals surface area (Å²) in [6.45, 7) is 9.82. The molecule has 4 bridgehead atoms. The van der Waals surface area contributed by atoms with Crippen LogP contribution in [0.4, 0.5) is 17.1 Å². The molecule has 0 saturated heterocycles. The average molecular weight is 672 g/mol. The predicted octanol–water partition coefficient (Wildman–Crippen LogP) is 13.4. The van der Waals surface area contributed by atoms with Crippen molar-refractivity contribution in [2.24, 2.45) is 23.7 Å². The van der Waals surface area contributed by atoms with Crippen LogP contribution in [0.1, 0.15) is 94.9 Å². The first-order valence-corrected chi connectivity index (χ1v) is 20.1. The van der Waals surface area contributed by atoms with Crippen molar-refractivity contribution in [3.05, 3.63) is 138 Å². The molecule has 0 N–H and O–H groups in total. The van der Waals surface area contributed by atoms with Gasteiger partial charge in [0.1, 0.15) is 0 Å². The van der Waals surface area contributed by atoms with E-state index in [9.17, 15) is 0 Å². The normalized spacial score (nSPS) is 27.8. The average Bonchev–Trinajstić information content (AvgIpc) is 3.12. The third kappa shape index (κ3) is 4.52. The zero-order chi connectivity index (χ0) is 33.8. The molecule has 4 fully saturated rings. The molecule has 252 valence electrons. The smallest absolute Gasteiger partial charge is 0.0514 e. The van der Waals surface area contributed by atoms with Gasteiger partial charge in [-0.25, -0.2) is 0 Å². The second kappa shape index (κ2) is 11.1. The van der Waals surface area contributed by atoms with Crippen molar-refractivity contribution in [3.63, 3.8) is 0 Å². The van der Waals surface area contributed by atoms with Crippen LogP contribution in [-0.4, -0.2) is 0 Å². The van der Waals surface area contributed by atoms with E-state index >= 15 is 0 Å². The van der Waals surface area contributed by atoms with Crippen LogP contribution in [0.25, 0.3) is 11.1 Å². The van der Waals surface area contributed by atoms with Gasteiger partial charge in [-0.3, -0.25) is 0 Å². The fraction of sp³-hybridized carbons (Fsp3) is 0.375. The molecule has 0 unspecified atom stereocenters. The highest BCUT2D eigenvalue weighted by Crippen LogP contribution is 2.70. The van der Waals surface area contributed by atoms with E-state index in [1.54, 1.807) is 11.1 Å². The lowest BCUT2D eigenvalue weighted by molar-refractivity contribution is -0.0441. The number of nitrogens with zero attached hydrogens (tertiary/aromatic N) is 1. The Labute approximate surface area is 303 Å². The Morgan fingerprint density at radius 1 is 0.520 bits per heavy atom. The van der Waals surface area contributed by atoms with Crippen LogP contribution in [0.15, 0.2) is 125 Å². The highest BCUT2D eigenvalue weighted by Gasteiger charge is 2.61. The van der Waals surface area contributed by atoms with Crippen LogP contribution in [0.3, 0.4) is 0 Å². The number of anilines is 3. The number of rotatable bonds is 4. The first-order chi connectivity index (χ1) is 24.2. The van der Waals surface area contributed by atoms with Gasteiger partial charge in [0.15, 0.2) is 0 Å². The fourth-order valence-electron chi connectivity index (χ4n) is 11.7. The van der Waals surface area contributed by atoms with Crippen molar-refractivity contribution in [1.29, 1.82) is 0 Å². The summed E-state index contributed by atoms with van der Waals surface area (Å²) in [5.74, 6) is 3.21.